The lowest BCUT2D eigenvalue weighted by atomic mass is 9.85. The minimum absolute atomic E-state index is 0.281. The first-order chi connectivity index (χ1) is 16.4. The number of furan rings is 2. The Bertz CT molecular complexity index is 1120. The van der Waals surface area contributed by atoms with Gasteiger partial charge in [-0.25, -0.2) is 0 Å². The molecule has 34 heavy (non-hydrogen) atoms. The van der Waals surface area contributed by atoms with E-state index in [1.807, 2.05) is 0 Å². The van der Waals surface area contributed by atoms with Crippen molar-refractivity contribution in [2.24, 2.45) is 5.92 Å². The van der Waals surface area contributed by atoms with Gasteiger partial charge in [-0.3, -0.25) is 14.4 Å². The van der Waals surface area contributed by atoms with Crippen LogP contribution in [0.3, 0.4) is 0 Å². The van der Waals surface area contributed by atoms with Gasteiger partial charge in [0.15, 0.2) is 11.6 Å². The molecule has 2 aromatic heterocycles. The van der Waals surface area contributed by atoms with Crippen LogP contribution >= 0.6 is 0 Å². The number of carbonyl (C=O) groups is 3. The van der Waals surface area contributed by atoms with Gasteiger partial charge in [-0.15, -0.1) is 0 Å². The van der Waals surface area contributed by atoms with Crippen LogP contribution in [0.25, 0.3) is 12.2 Å². The van der Waals surface area contributed by atoms with E-state index in [1.54, 1.807) is 54.6 Å². The minimum Gasteiger partial charge on any atom is -0.459 e. The van der Waals surface area contributed by atoms with Gasteiger partial charge in [-0.2, -0.15) is 0 Å². The summed E-state index contributed by atoms with van der Waals surface area (Å²) in [6.45, 7) is 0.750. The van der Waals surface area contributed by atoms with Crippen LogP contribution in [0, 0.1) is 5.92 Å². The molecule has 0 saturated carbocycles. The van der Waals surface area contributed by atoms with Gasteiger partial charge in [0.25, 0.3) is 0 Å². The summed E-state index contributed by atoms with van der Waals surface area (Å²) in [5.41, 5.74) is 0.590. The molecule has 176 valence electrons. The number of carbonyl (C=O) groups excluding carboxylic acids is 3. The van der Waals surface area contributed by atoms with Gasteiger partial charge in [0.1, 0.15) is 42.2 Å². The average molecular weight is 463 g/mol. The summed E-state index contributed by atoms with van der Waals surface area (Å²) in [5, 5.41) is 21.0. The molecule has 8 heteroatoms. The number of hydrogen-bond acceptors (Lipinski definition) is 7. The van der Waals surface area contributed by atoms with E-state index >= 15 is 0 Å². The molecule has 8 nitrogen and oxygen atoms in total. The van der Waals surface area contributed by atoms with Crippen LogP contribution in [0.15, 0.2) is 75.6 Å². The summed E-state index contributed by atoms with van der Waals surface area (Å²) in [4.78, 5) is 38.5. The molecule has 1 atom stereocenters. The predicted octanol–water partition coefficient (Wildman–Crippen LogP) is 3.22. The Labute approximate surface area is 196 Å². The normalized spacial score (nSPS) is 12.5. The quantitative estimate of drug-likeness (QED) is 0.294. The van der Waals surface area contributed by atoms with Gasteiger partial charge in [-0.1, -0.05) is 30.3 Å². The van der Waals surface area contributed by atoms with Gasteiger partial charge < -0.3 is 24.4 Å². The van der Waals surface area contributed by atoms with Crippen molar-refractivity contribution >= 4 is 29.6 Å². The molecule has 2 heterocycles. The molecule has 3 N–H and O–H groups in total. The number of ketones is 2. The van der Waals surface area contributed by atoms with Gasteiger partial charge in [0.2, 0.25) is 5.91 Å². The predicted molar refractivity (Wildman–Crippen MR) is 124 cm³/mol. The third-order valence-electron chi connectivity index (χ3n) is 4.96. The van der Waals surface area contributed by atoms with Gasteiger partial charge in [0, 0.05) is 6.92 Å². The highest BCUT2D eigenvalue weighted by Crippen LogP contribution is 2.26. The summed E-state index contributed by atoms with van der Waals surface area (Å²) >= 11 is 0. The Balaban J connectivity index is 1.95. The molecule has 3 rings (SSSR count). The fraction of sp³-hybridized carbons (Fsp3) is 0.192. The number of aliphatic hydroxyl groups excluding tert-OH is 2. The Kier molecular flexibility index (Phi) is 8.50. The average Bonchev–Trinajstić information content (AvgIpc) is 3.50. The van der Waals surface area contributed by atoms with Crippen molar-refractivity contribution in [3.8, 4) is 0 Å². The molecular formula is C26H25NO7. The van der Waals surface area contributed by atoms with E-state index in [0.717, 1.165) is 0 Å². The van der Waals surface area contributed by atoms with Crippen LogP contribution in [0.5, 0.6) is 0 Å². The fourth-order valence-corrected chi connectivity index (χ4v) is 3.38. The number of benzene rings is 1. The molecule has 1 aromatic carbocycles. The summed E-state index contributed by atoms with van der Waals surface area (Å²) in [5.74, 6) is -1.41. The number of rotatable bonds is 11. The second kappa shape index (κ2) is 11.7. The van der Waals surface area contributed by atoms with Crippen molar-refractivity contribution in [2.45, 2.75) is 26.2 Å². The van der Waals surface area contributed by atoms with E-state index < -0.39 is 29.4 Å². The molecule has 0 fully saturated rings. The lowest BCUT2D eigenvalue weighted by molar-refractivity contribution is -0.129. The maximum atomic E-state index is 13.3. The number of allylic oxidation sites excluding steroid dienone is 2. The Morgan fingerprint density at radius 2 is 1.32 bits per heavy atom. The van der Waals surface area contributed by atoms with Crippen LogP contribution in [0.1, 0.15) is 41.6 Å². The molecule has 0 radical (unpaired) electrons. The monoisotopic (exact) mass is 463 g/mol. The first-order valence-corrected chi connectivity index (χ1v) is 10.6. The summed E-state index contributed by atoms with van der Waals surface area (Å²) in [6, 6.07) is 14.1. The lowest BCUT2D eigenvalue weighted by Crippen LogP contribution is -2.39. The molecule has 0 aliphatic carbocycles. The van der Waals surface area contributed by atoms with Gasteiger partial charge >= 0.3 is 0 Å². The fourth-order valence-electron chi connectivity index (χ4n) is 3.38. The largest absolute Gasteiger partial charge is 0.459 e. The maximum Gasteiger partial charge on any atom is 0.217 e. The van der Waals surface area contributed by atoms with Crippen LogP contribution < -0.4 is 5.32 Å². The van der Waals surface area contributed by atoms with Gasteiger partial charge in [0.05, 0.1) is 6.04 Å². The number of hydrogen-bond donors (Lipinski definition) is 3. The molecule has 1 unspecified atom stereocenters. The van der Waals surface area contributed by atoms with Crippen molar-refractivity contribution in [1.29, 1.82) is 0 Å². The third-order valence-corrected chi connectivity index (χ3v) is 4.96. The topological polar surface area (TPSA) is 130 Å². The Hall–Kier alpha value is -4.01. The Morgan fingerprint density at radius 3 is 1.74 bits per heavy atom. The molecular weight excluding hydrogens is 438 g/mol. The van der Waals surface area contributed by atoms with Gasteiger partial charge in [-0.05, 0) is 54.1 Å². The number of aliphatic hydroxyl groups is 2. The molecule has 1 amide bonds. The molecule has 0 aliphatic heterocycles. The standard InChI is InChI=1S/C26H25NO7/c1-17(30)27-26(18-5-3-2-4-6-18)25(23(31)13-11-19-7-9-21(15-28)33-19)24(32)14-12-20-8-10-22(16-29)34-20/h2-14,25-26,28-29H,15-16H2,1H3,(H,27,30)/b13-11+,14-12+. The first kappa shape index (κ1) is 24.6. The van der Waals surface area contributed by atoms with Crippen LogP contribution in [0.2, 0.25) is 0 Å². The SMILES string of the molecule is CC(=O)NC(c1ccccc1)C(C(=O)/C=C/c1ccc(CO)o1)C(=O)/C=C/c1ccc(CO)o1. The van der Waals surface area contributed by atoms with Crippen molar-refractivity contribution in [3.05, 3.63) is 95.4 Å². The second-order valence-corrected chi connectivity index (χ2v) is 7.46. The summed E-state index contributed by atoms with van der Waals surface area (Å²) < 4.78 is 10.7. The van der Waals surface area contributed by atoms with Crippen molar-refractivity contribution in [1.82, 2.24) is 5.32 Å². The Morgan fingerprint density at radius 1 is 0.824 bits per heavy atom. The molecule has 0 spiro atoms. The number of nitrogens with one attached hydrogen (secondary N) is 1. The van der Waals surface area contributed by atoms with Crippen LogP contribution in [-0.2, 0) is 27.6 Å². The highest BCUT2D eigenvalue weighted by molar-refractivity contribution is 6.14. The third kappa shape index (κ3) is 6.50. The van der Waals surface area contributed by atoms with E-state index in [-0.39, 0.29) is 13.2 Å². The van der Waals surface area contributed by atoms with Crippen molar-refractivity contribution in [2.75, 3.05) is 0 Å². The highest BCUT2D eigenvalue weighted by atomic mass is 16.4. The highest BCUT2D eigenvalue weighted by Gasteiger charge is 2.34. The van der Waals surface area contributed by atoms with Crippen LogP contribution in [0.4, 0.5) is 0 Å². The number of amides is 1. The van der Waals surface area contributed by atoms with E-state index in [9.17, 15) is 14.4 Å². The second-order valence-electron chi connectivity index (χ2n) is 7.46. The zero-order valence-electron chi connectivity index (χ0n) is 18.5. The smallest absolute Gasteiger partial charge is 0.217 e. The molecule has 0 saturated heterocycles. The van der Waals surface area contributed by atoms with E-state index in [4.69, 9.17) is 19.0 Å². The summed E-state index contributed by atoms with van der Waals surface area (Å²) in [7, 11) is 0. The minimum atomic E-state index is -1.27. The van der Waals surface area contributed by atoms with Crippen molar-refractivity contribution in [3.63, 3.8) is 0 Å². The zero-order chi connectivity index (χ0) is 24.5. The molecule has 0 aliphatic rings. The summed E-state index contributed by atoms with van der Waals surface area (Å²) in [6.07, 6.45) is 5.23. The lowest BCUT2D eigenvalue weighted by Gasteiger charge is -2.24. The van der Waals surface area contributed by atoms with E-state index in [1.165, 1.54) is 31.2 Å². The zero-order valence-corrected chi connectivity index (χ0v) is 18.5. The first-order valence-electron chi connectivity index (χ1n) is 10.6. The van der Waals surface area contributed by atoms with E-state index in [0.29, 0.717) is 28.6 Å². The molecule has 0 bridgehead atoms. The molecule has 3 aromatic rings. The van der Waals surface area contributed by atoms with E-state index in [2.05, 4.69) is 5.32 Å². The van der Waals surface area contributed by atoms with Crippen molar-refractivity contribution < 1.29 is 33.4 Å². The maximum absolute atomic E-state index is 13.3. The van der Waals surface area contributed by atoms with Crippen LogP contribution in [-0.4, -0.2) is 27.7 Å².